The van der Waals surface area contributed by atoms with Gasteiger partial charge >= 0.3 is 0 Å². The number of aromatic nitrogens is 1. The van der Waals surface area contributed by atoms with E-state index < -0.39 is 56.9 Å². The summed E-state index contributed by atoms with van der Waals surface area (Å²) in [6.07, 6.45) is 8.09. The van der Waals surface area contributed by atoms with Crippen molar-refractivity contribution in [2.45, 2.75) is 87.6 Å². The fourth-order valence-electron chi connectivity index (χ4n) is 7.56. The molecule has 0 spiro atoms. The smallest absolute Gasteiger partial charge is 0.259 e. The number of alkyl halides is 1. The molecule has 3 fully saturated rings. The summed E-state index contributed by atoms with van der Waals surface area (Å²) in [4.78, 5) is 47.7. The predicted octanol–water partition coefficient (Wildman–Crippen LogP) is 3.58. The summed E-state index contributed by atoms with van der Waals surface area (Å²) in [5.41, 5.74) is -1.54. The molecule has 4 heterocycles. The van der Waals surface area contributed by atoms with Crippen molar-refractivity contribution >= 4 is 38.5 Å². The summed E-state index contributed by atoms with van der Waals surface area (Å²) in [7, 11) is -4.31. The van der Waals surface area contributed by atoms with Crippen molar-refractivity contribution in [3.8, 4) is 17.4 Å². The van der Waals surface area contributed by atoms with Crippen LogP contribution in [0.2, 0.25) is 0 Å². The number of pyridine rings is 1. The molecule has 1 aromatic carbocycles. The minimum absolute atomic E-state index is 0.0781. The molecule has 0 bridgehead atoms. The van der Waals surface area contributed by atoms with Crippen LogP contribution in [0.5, 0.6) is 17.4 Å². The van der Waals surface area contributed by atoms with Gasteiger partial charge in [-0.3, -0.25) is 19.1 Å². The molecule has 49 heavy (non-hydrogen) atoms. The van der Waals surface area contributed by atoms with Gasteiger partial charge in [0.05, 0.1) is 6.54 Å². The van der Waals surface area contributed by atoms with Gasteiger partial charge in [-0.2, -0.15) is 0 Å². The Kier molecular flexibility index (Phi) is 8.73. The van der Waals surface area contributed by atoms with Crippen LogP contribution in [-0.4, -0.2) is 84.9 Å². The van der Waals surface area contributed by atoms with Crippen molar-refractivity contribution in [1.82, 2.24) is 19.9 Å². The number of carbonyl (C=O) groups excluding carboxylic acids is 3. The number of nitrogens with one attached hydrogen (secondary N) is 2. The molecular weight excluding hydrogens is 655 g/mol. The van der Waals surface area contributed by atoms with Crippen molar-refractivity contribution in [3.63, 3.8) is 0 Å². The average Bonchev–Trinajstić information content (AvgIpc) is 3.97. The van der Waals surface area contributed by atoms with Crippen molar-refractivity contribution in [2.24, 2.45) is 17.8 Å². The second-order valence-electron chi connectivity index (χ2n) is 14.5. The molecule has 2 N–H and O–H groups in total. The van der Waals surface area contributed by atoms with Crippen LogP contribution in [0.1, 0.15) is 65.2 Å². The molecule has 12 nitrogen and oxygen atoms in total. The van der Waals surface area contributed by atoms with Crippen LogP contribution in [0, 0.1) is 17.8 Å². The summed E-state index contributed by atoms with van der Waals surface area (Å²) in [5, 5.41) is 4.32. The van der Waals surface area contributed by atoms with Gasteiger partial charge < -0.3 is 24.4 Å². The van der Waals surface area contributed by atoms with Crippen LogP contribution in [0.15, 0.2) is 36.5 Å². The first kappa shape index (κ1) is 33.6. The van der Waals surface area contributed by atoms with Gasteiger partial charge in [-0.1, -0.05) is 26.0 Å². The first-order valence-electron chi connectivity index (χ1n) is 17.2. The Morgan fingerprint density at radius 1 is 1.12 bits per heavy atom. The second kappa shape index (κ2) is 12.7. The molecule has 264 valence electrons. The fourth-order valence-corrected chi connectivity index (χ4v) is 8.99. The Labute approximate surface area is 285 Å². The zero-order valence-corrected chi connectivity index (χ0v) is 28.6. The number of sulfonamides is 1. The van der Waals surface area contributed by atoms with Crippen molar-refractivity contribution in [3.05, 3.63) is 36.5 Å². The monoisotopic (exact) mass is 698 g/mol. The van der Waals surface area contributed by atoms with Crippen LogP contribution in [0.3, 0.4) is 0 Å². The van der Waals surface area contributed by atoms with Gasteiger partial charge in [0.2, 0.25) is 27.7 Å². The molecule has 1 unspecified atom stereocenters. The summed E-state index contributed by atoms with van der Waals surface area (Å²) in [5.74, 6) is -0.140. The first-order valence-corrected chi connectivity index (χ1v) is 18.7. The standard InChI is InChI=1S/C35H43FN4O8S/c1-21-5-3-4-6-23-18-35(23,33(43)39-49(44,45)34(20-36)10-11-34)38-31(42)27-17-24(19-40(27)29(41)16-22(2)15-21)48-32-26-7-8-28-30(47-14-13-46-28)25(26)9-12-37-32/h4,6-9,12,21-24,27H,3,5,10-11,13-20H2,1-2H3,(H,38,42)(H,39,43)/b6-4-/t21-,22-,23?,24-,27+,35-/m1/s1. The maximum Gasteiger partial charge on any atom is 0.259 e. The lowest BCUT2D eigenvalue weighted by molar-refractivity contribution is -0.140. The van der Waals surface area contributed by atoms with Crippen molar-refractivity contribution < 1.29 is 41.4 Å². The largest absolute Gasteiger partial charge is 0.486 e. The fraction of sp³-hybridized carbons (Fsp3) is 0.600. The molecule has 2 saturated carbocycles. The molecular formula is C35H43FN4O8S. The summed E-state index contributed by atoms with van der Waals surface area (Å²) in [6.45, 7) is 4.07. The SMILES string of the molecule is C[C@@H]1CC/C=C\C2C[C@@]2(C(=O)NS(=O)(=O)C2(CF)CC2)NC(=O)[C@@H]2C[C@@H](Oc3nccc4c5c(ccc34)OCCO5)CN2C(=O)C[C@H](C)C1. The Hall–Kier alpha value is -3.94. The molecule has 3 aliphatic heterocycles. The molecule has 1 aromatic heterocycles. The van der Waals surface area contributed by atoms with Crippen molar-refractivity contribution in [1.29, 1.82) is 0 Å². The molecule has 0 radical (unpaired) electrons. The molecule has 2 aliphatic carbocycles. The number of hydrogen-bond donors (Lipinski definition) is 2. The van der Waals surface area contributed by atoms with Gasteiger partial charge in [0, 0.05) is 35.7 Å². The molecule has 7 rings (SSSR count). The predicted molar refractivity (Wildman–Crippen MR) is 177 cm³/mol. The minimum atomic E-state index is -4.31. The Morgan fingerprint density at radius 3 is 2.69 bits per heavy atom. The molecule has 3 amide bonds. The first-order chi connectivity index (χ1) is 23.4. The van der Waals surface area contributed by atoms with Gasteiger partial charge in [0.15, 0.2) is 11.5 Å². The number of ether oxygens (including phenoxy) is 3. The Bertz CT molecular complexity index is 1800. The van der Waals surface area contributed by atoms with Crippen LogP contribution in [0.4, 0.5) is 4.39 Å². The third-order valence-electron chi connectivity index (χ3n) is 10.7. The van der Waals surface area contributed by atoms with E-state index in [1.54, 1.807) is 12.3 Å². The highest BCUT2D eigenvalue weighted by Crippen LogP contribution is 2.48. The number of halogens is 1. The summed E-state index contributed by atoms with van der Waals surface area (Å²) >= 11 is 0. The molecule has 2 aromatic rings. The van der Waals surface area contributed by atoms with Crippen molar-refractivity contribution in [2.75, 3.05) is 26.4 Å². The molecule has 1 saturated heterocycles. The lowest BCUT2D eigenvalue weighted by atomic mass is 9.91. The maximum absolute atomic E-state index is 14.1. The third-order valence-corrected chi connectivity index (χ3v) is 12.8. The van der Waals surface area contributed by atoms with Crippen LogP contribution in [0.25, 0.3) is 10.8 Å². The number of allylic oxidation sites excluding steroid dienone is 1. The number of carbonyl (C=O) groups is 3. The van der Waals surface area contributed by atoms with Gasteiger partial charge in [0.1, 0.15) is 42.3 Å². The Morgan fingerprint density at radius 2 is 1.92 bits per heavy atom. The van der Waals surface area contributed by atoms with Crippen LogP contribution >= 0.6 is 0 Å². The maximum atomic E-state index is 14.1. The van der Waals surface area contributed by atoms with Gasteiger partial charge in [-0.25, -0.2) is 17.8 Å². The number of fused-ring (bicyclic) bond motifs is 5. The topological polar surface area (TPSA) is 153 Å². The average molecular weight is 699 g/mol. The Balaban J connectivity index is 1.16. The number of nitrogens with zero attached hydrogens (tertiary/aromatic N) is 2. The highest BCUT2D eigenvalue weighted by atomic mass is 32.2. The van der Waals surface area contributed by atoms with Crippen LogP contribution < -0.4 is 24.2 Å². The lowest BCUT2D eigenvalue weighted by Gasteiger charge is -2.28. The molecule has 6 atom stereocenters. The van der Waals surface area contributed by atoms with E-state index in [2.05, 4.69) is 21.9 Å². The zero-order valence-electron chi connectivity index (χ0n) is 27.8. The second-order valence-corrected chi connectivity index (χ2v) is 16.6. The van der Waals surface area contributed by atoms with E-state index >= 15 is 0 Å². The summed E-state index contributed by atoms with van der Waals surface area (Å²) < 4.78 is 58.3. The van der Waals surface area contributed by atoms with E-state index in [0.29, 0.717) is 41.9 Å². The van der Waals surface area contributed by atoms with E-state index in [0.717, 1.165) is 24.6 Å². The number of benzene rings is 1. The highest BCUT2D eigenvalue weighted by Gasteiger charge is 2.64. The highest BCUT2D eigenvalue weighted by molar-refractivity contribution is 7.91. The van der Waals surface area contributed by atoms with E-state index in [1.807, 2.05) is 31.2 Å². The van der Waals surface area contributed by atoms with Gasteiger partial charge in [0.25, 0.3) is 5.91 Å². The van der Waals surface area contributed by atoms with E-state index in [1.165, 1.54) is 4.90 Å². The summed E-state index contributed by atoms with van der Waals surface area (Å²) in [6, 6.07) is 4.48. The van der Waals surface area contributed by atoms with E-state index in [-0.39, 0.29) is 50.5 Å². The number of amides is 3. The van der Waals surface area contributed by atoms with E-state index in [9.17, 15) is 27.2 Å². The van der Waals surface area contributed by atoms with Gasteiger partial charge in [-0.05, 0) is 68.6 Å². The number of rotatable bonds is 6. The number of hydrogen-bond acceptors (Lipinski definition) is 9. The quantitative estimate of drug-likeness (QED) is 0.431. The zero-order chi connectivity index (χ0) is 34.6. The van der Waals surface area contributed by atoms with Gasteiger partial charge in [-0.15, -0.1) is 0 Å². The molecule has 14 heteroatoms. The third kappa shape index (κ3) is 6.32. The normalized spacial score (nSPS) is 31.7. The lowest BCUT2D eigenvalue weighted by Crippen LogP contribution is -2.57. The van der Waals surface area contributed by atoms with Crippen LogP contribution in [-0.2, 0) is 24.4 Å². The molecule has 5 aliphatic rings. The van der Waals surface area contributed by atoms with E-state index in [4.69, 9.17) is 14.2 Å². The minimum Gasteiger partial charge on any atom is -0.486 e.